The third-order valence-electron chi connectivity index (χ3n) is 1.88. The molecule has 1 aromatic carbocycles. The monoisotopic (exact) mass is 271 g/mol. The Kier molecular flexibility index (Phi) is 4.92. The highest BCUT2D eigenvalue weighted by atomic mass is 32.2. The van der Waals surface area contributed by atoms with E-state index in [0.29, 0.717) is 5.75 Å². The number of hydrogen-bond acceptors (Lipinski definition) is 4. The minimum absolute atomic E-state index is 0.0490. The van der Waals surface area contributed by atoms with Crippen LogP contribution in [0.4, 0.5) is 0 Å². The first kappa shape index (κ1) is 14.0. The highest BCUT2D eigenvalue weighted by Crippen LogP contribution is 2.11. The van der Waals surface area contributed by atoms with Crippen LogP contribution in [0.15, 0.2) is 35.2 Å². The van der Waals surface area contributed by atoms with Gasteiger partial charge in [-0.25, -0.2) is 13.6 Å². The van der Waals surface area contributed by atoms with Crippen LogP contribution >= 0.6 is 11.8 Å². The molecule has 0 saturated carbocycles. The Bertz CT molecular complexity index is 535. The van der Waals surface area contributed by atoms with Gasteiger partial charge in [-0.2, -0.15) is 0 Å². The molecule has 0 bridgehead atoms. The molecule has 17 heavy (non-hydrogen) atoms. The Balaban J connectivity index is 2.76. The van der Waals surface area contributed by atoms with Gasteiger partial charge in [0.1, 0.15) is 0 Å². The Morgan fingerprint density at radius 2 is 2.18 bits per heavy atom. The van der Waals surface area contributed by atoms with E-state index in [1.165, 1.54) is 30.8 Å². The van der Waals surface area contributed by atoms with Crippen molar-refractivity contribution in [3.8, 4) is 0 Å². The maximum atomic E-state index is 11.1. The summed E-state index contributed by atoms with van der Waals surface area (Å²) in [4.78, 5) is 10.8. The van der Waals surface area contributed by atoms with Gasteiger partial charge in [0.15, 0.2) is 5.12 Å². The topological polar surface area (TPSA) is 77.2 Å². The predicted molar refractivity (Wildman–Crippen MR) is 70.0 cm³/mol. The molecule has 0 spiro atoms. The largest absolute Gasteiger partial charge is 0.288 e. The third kappa shape index (κ3) is 5.16. The molecule has 1 aromatic rings. The fourth-order valence-corrected chi connectivity index (χ4v) is 2.14. The van der Waals surface area contributed by atoms with Gasteiger partial charge in [0.25, 0.3) is 0 Å². The molecule has 0 fully saturated rings. The summed E-state index contributed by atoms with van der Waals surface area (Å²) in [7, 11) is -3.66. The highest BCUT2D eigenvalue weighted by molar-refractivity contribution is 8.13. The van der Waals surface area contributed by atoms with Crippen molar-refractivity contribution in [3.63, 3.8) is 0 Å². The Hall–Kier alpha value is -1.11. The van der Waals surface area contributed by atoms with Gasteiger partial charge < -0.3 is 0 Å². The van der Waals surface area contributed by atoms with Gasteiger partial charge in [0, 0.05) is 12.7 Å². The SMILES string of the molecule is CC(=O)SCC=Cc1cccc(S(N)(=O)=O)c1. The lowest BCUT2D eigenvalue weighted by Gasteiger charge is -1.99. The smallest absolute Gasteiger partial charge is 0.238 e. The van der Waals surface area contributed by atoms with Crippen molar-refractivity contribution < 1.29 is 13.2 Å². The van der Waals surface area contributed by atoms with Crippen LogP contribution in [0.2, 0.25) is 0 Å². The summed E-state index contributed by atoms with van der Waals surface area (Å²) in [6.45, 7) is 1.50. The van der Waals surface area contributed by atoms with E-state index in [2.05, 4.69) is 0 Å². The van der Waals surface area contributed by atoms with Crippen LogP contribution in [0.25, 0.3) is 6.08 Å². The number of hydrogen-bond donors (Lipinski definition) is 1. The van der Waals surface area contributed by atoms with E-state index in [1.54, 1.807) is 24.3 Å². The van der Waals surface area contributed by atoms with Crippen LogP contribution in [0, 0.1) is 0 Å². The number of carbonyl (C=O) groups excluding carboxylic acids is 1. The number of benzene rings is 1. The zero-order valence-corrected chi connectivity index (χ0v) is 10.9. The van der Waals surface area contributed by atoms with E-state index in [1.807, 2.05) is 0 Å². The van der Waals surface area contributed by atoms with E-state index in [4.69, 9.17) is 5.14 Å². The fraction of sp³-hybridized carbons (Fsp3) is 0.182. The summed E-state index contributed by atoms with van der Waals surface area (Å²) in [5, 5.41) is 5.07. The summed E-state index contributed by atoms with van der Waals surface area (Å²) >= 11 is 1.19. The number of primary sulfonamides is 1. The molecule has 0 aromatic heterocycles. The summed E-state index contributed by atoms with van der Waals surface area (Å²) < 4.78 is 22.2. The van der Waals surface area contributed by atoms with E-state index in [0.717, 1.165) is 5.56 Å². The number of rotatable bonds is 4. The number of thioether (sulfide) groups is 1. The van der Waals surface area contributed by atoms with Gasteiger partial charge in [-0.05, 0) is 17.7 Å². The molecule has 0 atom stereocenters. The zero-order chi connectivity index (χ0) is 12.9. The Morgan fingerprint density at radius 3 is 2.76 bits per heavy atom. The van der Waals surface area contributed by atoms with E-state index < -0.39 is 10.0 Å². The lowest BCUT2D eigenvalue weighted by atomic mass is 10.2. The van der Waals surface area contributed by atoms with Crippen molar-refractivity contribution in [1.29, 1.82) is 0 Å². The van der Waals surface area contributed by atoms with Gasteiger partial charge in [-0.1, -0.05) is 36.0 Å². The van der Waals surface area contributed by atoms with Crippen LogP contribution in [0.1, 0.15) is 12.5 Å². The lowest BCUT2D eigenvalue weighted by molar-refractivity contribution is -0.109. The molecule has 0 heterocycles. The molecule has 0 aliphatic heterocycles. The molecule has 0 amide bonds. The summed E-state index contributed by atoms with van der Waals surface area (Å²) in [5.74, 6) is 0.564. The van der Waals surface area contributed by atoms with Crippen molar-refractivity contribution in [2.45, 2.75) is 11.8 Å². The molecular formula is C11H13NO3S2. The second kappa shape index (κ2) is 6.00. The summed E-state index contributed by atoms with van der Waals surface area (Å²) in [6.07, 6.45) is 3.55. The van der Waals surface area contributed by atoms with Gasteiger partial charge in [0.2, 0.25) is 10.0 Å². The molecule has 0 radical (unpaired) electrons. The van der Waals surface area contributed by atoms with Crippen molar-refractivity contribution in [1.82, 2.24) is 0 Å². The van der Waals surface area contributed by atoms with Crippen molar-refractivity contribution in [2.75, 3.05) is 5.75 Å². The first-order valence-electron chi connectivity index (χ1n) is 4.82. The molecule has 92 valence electrons. The maximum absolute atomic E-state index is 11.1. The average Bonchev–Trinajstić information content (AvgIpc) is 2.23. The fourth-order valence-electron chi connectivity index (χ4n) is 1.14. The standard InChI is InChI=1S/C11H13NO3S2/c1-9(13)16-7-3-5-10-4-2-6-11(8-10)17(12,14)15/h2-6,8H,7H2,1H3,(H2,12,14,15). The van der Waals surface area contributed by atoms with Crippen LogP contribution in [0.5, 0.6) is 0 Å². The maximum Gasteiger partial charge on any atom is 0.238 e. The van der Waals surface area contributed by atoms with Crippen molar-refractivity contribution >= 4 is 33.0 Å². The Labute approximate surface area is 105 Å². The molecule has 0 unspecified atom stereocenters. The second-order valence-corrected chi connectivity index (χ2v) is 6.08. The van der Waals surface area contributed by atoms with Gasteiger partial charge in [-0.15, -0.1) is 0 Å². The number of sulfonamides is 1. The van der Waals surface area contributed by atoms with Gasteiger partial charge in [-0.3, -0.25) is 4.79 Å². The van der Waals surface area contributed by atoms with Crippen molar-refractivity contribution in [2.24, 2.45) is 5.14 Å². The minimum atomic E-state index is -3.66. The van der Waals surface area contributed by atoms with E-state index >= 15 is 0 Å². The first-order chi connectivity index (χ1) is 7.89. The summed E-state index contributed by atoms with van der Waals surface area (Å²) in [6, 6.07) is 6.32. The molecule has 1 rings (SSSR count). The van der Waals surface area contributed by atoms with Crippen LogP contribution in [-0.2, 0) is 14.8 Å². The molecule has 4 nitrogen and oxygen atoms in total. The van der Waals surface area contributed by atoms with Gasteiger partial charge in [0.05, 0.1) is 4.90 Å². The van der Waals surface area contributed by atoms with Crippen LogP contribution in [0.3, 0.4) is 0 Å². The normalized spacial score (nSPS) is 11.9. The first-order valence-corrected chi connectivity index (χ1v) is 7.35. The molecule has 6 heteroatoms. The minimum Gasteiger partial charge on any atom is -0.288 e. The van der Waals surface area contributed by atoms with E-state index in [-0.39, 0.29) is 10.0 Å². The highest BCUT2D eigenvalue weighted by Gasteiger charge is 2.06. The molecule has 2 N–H and O–H groups in total. The molecular weight excluding hydrogens is 258 g/mol. The Morgan fingerprint density at radius 1 is 1.47 bits per heavy atom. The van der Waals surface area contributed by atoms with Crippen LogP contribution < -0.4 is 5.14 Å². The number of nitrogens with two attached hydrogens (primary N) is 1. The molecule has 0 aliphatic rings. The van der Waals surface area contributed by atoms with Crippen molar-refractivity contribution in [3.05, 3.63) is 35.9 Å². The lowest BCUT2D eigenvalue weighted by Crippen LogP contribution is -2.11. The quantitative estimate of drug-likeness (QED) is 0.902. The number of carbonyl (C=O) groups is 1. The molecule has 0 aliphatic carbocycles. The zero-order valence-electron chi connectivity index (χ0n) is 9.29. The third-order valence-corrected chi connectivity index (χ3v) is 3.56. The average molecular weight is 271 g/mol. The summed E-state index contributed by atoms with van der Waals surface area (Å²) in [5.41, 5.74) is 0.737. The molecule has 0 saturated heterocycles. The van der Waals surface area contributed by atoms with Gasteiger partial charge >= 0.3 is 0 Å². The second-order valence-electron chi connectivity index (χ2n) is 3.32. The van der Waals surface area contributed by atoms with E-state index in [9.17, 15) is 13.2 Å². The van der Waals surface area contributed by atoms with Crippen LogP contribution in [-0.4, -0.2) is 19.3 Å². The predicted octanol–water partition coefficient (Wildman–Crippen LogP) is 1.63.